The molecule has 5 heteroatoms. The summed E-state index contributed by atoms with van der Waals surface area (Å²) in [6.45, 7) is 0.888. The first-order valence-corrected chi connectivity index (χ1v) is 7.31. The lowest BCUT2D eigenvalue weighted by Gasteiger charge is -2.03. The molecule has 18 heavy (non-hydrogen) atoms. The zero-order valence-electron chi connectivity index (χ0n) is 10.5. The lowest BCUT2D eigenvalue weighted by Crippen LogP contribution is -1.95. The van der Waals surface area contributed by atoms with Crippen molar-refractivity contribution in [1.82, 2.24) is 0 Å². The van der Waals surface area contributed by atoms with Crippen LogP contribution < -0.4 is 4.74 Å². The fourth-order valence-electron chi connectivity index (χ4n) is 1.22. The zero-order chi connectivity index (χ0) is 13.4. The summed E-state index contributed by atoms with van der Waals surface area (Å²) in [5, 5.41) is 2.16. The number of ether oxygens (including phenoxy) is 2. The fourth-order valence-corrected chi connectivity index (χ4v) is 1.58. The molecule has 0 bridgehead atoms. The summed E-state index contributed by atoms with van der Waals surface area (Å²) >= 11 is 0. The summed E-state index contributed by atoms with van der Waals surface area (Å²) in [6.07, 6.45) is 1.49. The molecule has 4 nitrogen and oxygen atoms in total. The Morgan fingerprint density at radius 2 is 1.89 bits per heavy atom. The summed E-state index contributed by atoms with van der Waals surface area (Å²) in [6, 6.07) is 7.56. The number of sulfone groups is 1. The molecule has 0 radical (unpaired) electrons. The van der Waals surface area contributed by atoms with Crippen molar-refractivity contribution in [1.29, 1.82) is 0 Å². The van der Waals surface area contributed by atoms with Gasteiger partial charge < -0.3 is 9.47 Å². The minimum atomic E-state index is -3.20. The third-order valence-corrected chi connectivity index (χ3v) is 2.57. The molecule has 0 fully saturated rings. The van der Waals surface area contributed by atoms with Crippen LogP contribution in [0.2, 0.25) is 0 Å². The summed E-state index contributed by atoms with van der Waals surface area (Å²) in [5.41, 5.74) is 1.03. The van der Waals surface area contributed by atoms with E-state index in [1.54, 1.807) is 7.11 Å². The summed E-state index contributed by atoms with van der Waals surface area (Å²) < 4.78 is 31.9. The summed E-state index contributed by atoms with van der Waals surface area (Å²) in [4.78, 5) is 0. The van der Waals surface area contributed by atoms with Crippen molar-refractivity contribution in [2.75, 3.05) is 20.0 Å². The highest BCUT2D eigenvalue weighted by atomic mass is 32.2. The molecule has 0 aliphatic carbocycles. The second-order valence-electron chi connectivity index (χ2n) is 3.70. The van der Waals surface area contributed by atoms with Gasteiger partial charge in [0.2, 0.25) is 9.84 Å². The van der Waals surface area contributed by atoms with Gasteiger partial charge in [-0.2, -0.15) is 0 Å². The van der Waals surface area contributed by atoms with Gasteiger partial charge in [0, 0.05) is 11.7 Å². The van der Waals surface area contributed by atoms with Gasteiger partial charge in [-0.25, -0.2) is 8.42 Å². The van der Waals surface area contributed by atoms with Gasteiger partial charge >= 0.3 is 0 Å². The second kappa shape index (κ2) is 7.04. The maximum Gasteiger partial charge on any atom is 0.213 e. The number of hydrogen-bond acceptors (Lipinski definition) is 4. The molecule has 0 saturated heterocycles. The number of benzene rings is 1. The molecule has 1 rings (SSSR count). The second-order valence-corrected chi connectivity index (χ2v) is 5.45. The van der Waals surface area contributed by atoms with Gasteiger partial charge in [-0.05, 0) is 17.7 Å². The Morgan fingerprint density at radius 1 is 1.22 bits per heavy atom. The van der Waals surface area contributed by atoms with Crippen molar-refractivity contribution in [2.45, 2.75) is 13.0 Å². The van der Waals surface area contributed by atoms with Crippen molar-refractivity contribution in [2.24, 2.45) is 0 Å². The summed E-state index contributed by atoms with van der Waals surface area (Å²) in [5.74, 6) is 3.35. The predicted octanol–water partition coefficient (Wildman–Crippen LogP) is 1.61. The SMILES string of the molecule is COc1ccc(COCCC#CS(C)(=O)=O)cc1. The van der Waals surface area contributed by atoms with Crippen molar-refractivity contribution < 1.29 is 17.9 Å². The first kappa shape index (κ1) is 14.6. The molecule has 98 valence electrons. The molecule has 1 aromatic rings. The van der Waals surface area contributed by atoms with Crippen LogP contribution in [0.1, 0.15) is 12.0 Å². The first-order valence-electron chi connectivity index (χ1n) is 5.41. The average Bonchev–Trinajstić information content (AvgIpc) is 2.33. The molecule has 0 aliphatic rings. The maximum absolute atomic E-state index is 10.7. The maximum atomic E-state index is 10.7. The zero-order valence-corrected chi connectivity index (χ0v) is 11.3. The number of methoxy groups -OCH3 is 1. The van der Waals surface area contributed by atoms with Crippen LogP contribution in [0.15, 0.2) is 24.3 Å². The van der Waals surface area contributed by atoms with E-state index in [1.165, 1.54) is 0 Å². The molecular weight excluding hydrogens is 252 g/mol. The van der Waals surface area contributed by atoms with Gasteiger partial charge in [-0.3, -0.25) is 0 Å². The van der Waals surface area contributed by atoms with Gasteiger partial charge in [0.15, 0.2) is 0 Å². The van der Waals surface area contributed by atoms with Crippen LogP contribution in [-0.2, 0) is 21.2 Å². The lowest BCUT2D eigenvalue weighted by atomic mass is 10.2. The van der Waals surface area contributed by atoms with Gasteiger partial charge in [0.25, 0.3) is 0 Å². The quantitative estimate of drug-likeness (QED) is 0.462. The first-order chi connectivity index (χ1) is 8.51. The van der Waals surface area contributed by atoms with Crippen molar-refractivity contribution in [3.63, 3.8) is 0 Å². The van der Waals surface area contributed by atoms with Gasteiger partial charge in [0.05, 0.1) is 26.6 Å². The van der Waals surface area contributed by atoms with E-state index in [-0.39, 0.29) is 0 Å². The van der Waals surface area contributed by atoms with E-state index in [4.69, 9.17) is 9.47 Å². The van der Waals surface area contributed by atoms with Crippen LogP contribution >= 0.6 is 0 Å². The molecule has 1 aromatic carbocycles. The molecule has 0 unspecified atom stereocenters. The van der Waals surface area contributed by atoms with E-state index >= 15 is 0 Å². The highest BCUT2D eigenvalue weighted by Crippen LogP contribution is 2.11. The van der Waals surface area contributed by atoms with Crippen molar-refractivity contribution in [3.8, 4) is 16.9 Å². The Balaban J connectivity index is 2.27. The van der Waals surface area contributed by atoms with E-state index in [2.05, 4.69) is 11.2 Å². The van der Waals surface area contributed by atoms with Crippen LogP contribution in [-0.4, -0.2) is 28.4 Å². The monoisotopic (exact) mass is 268 g/mol. The number of rotatable bonds is 5. The predicted molar refractivity (Wildman–Crippen MR) is 69.9 cm³/mol. The highest BCUT2D eigenvalue weighted by Gasteiger charge is 1.95. The molecular formula is C13H16O4S. The van der Waals surface area contributed by atoms with E-state index in [0.29, 0.717) is 19.6 Å². The largest absolute Gasteiger partial charge is 0.497 e. The Labute approximate surface area is 108 Å². The van der Waals surface area contributed by atoms with E-state index in [0.717, 1.165) is 17.6 Å². The lowest BCUT2D eigenvalue weighted by molar-refractivity contribution is 0.126. The smallest absolute Gasteiger partial charge is 0.213 e. The normalized spacial score (nSPS) is 10.6. The molecule has 0 atom stereocenters. The minimum Gasteiger partial charge on any atom is -0.497 e. The van der Waals surface area contributed by atoms with E-state index < -0.39 is 9.84 Å². The van der Waals surface area contributed by atoms with Crippen LogP contribution in [0, 0.1) is 11.2 Å². The topological polar surface area (TPSA) is 52.6 Å². The number of hydrogen-bond donors (Lipinski definition) is 0. The van der Waals surface area contributed by atoms with Crippen LogP contribution in [0.4, 0.5) is 0 Å². The van der Waals surface area contributed by atoms with Gasteiger partial charge in [0.1, 0.15) is 5.75 Å². The van der Waals surface area contributed by atoms with Gasteiger partial charge in [-0.1, -0.05) is 18.1 Å². The van der Waals surface area contributed by atoms with E-state index in [1.807, 2.05) is 24.3 Å². The average molecular weight is 268 g/mol. The molecule has 0 spiro atoms. The van der Waals surface area contributed by atoms with Gasteiger partial charge in [-0.15, -0.1) is 0 Å². The third kappa shape index (κ3) is 6.28. The molecule has 0 N–H and O–H groups in total. The Bertz CT molecular complexity index is 520. The Morgan fingerprint density at radius 3 is 2.44 bits per heavy atom. The van der Waals surface area contributed by atoms with Crippen molar-refractivity contribution in [3.05, 3.63) is 29.8 Å². The molecule has 0 aromatic heterocycles. The van der Waals surface area contributed by atoms with Crippen molar-refractivity contribution >= 4 is 9.84 Å². The van der Waals surface area contributed by atoms with Crippen LogP contribution in [0.5, 0.6) is 5.75 Å². The highest BCUT2D eigenvalue weighted by molar-refractivity contribution is 7.95. The fraction of sp³-hybridized carbons (Fsp3) is 0.385. The van der Waals surface area contributed by atoms with E-state index in [9.17, 15) is 8.42 Å². The Hall–Kier alpha value is -1.51. The third-order valence-electron chi connectivity index (χ3n) is 2.06. The minimum absolute atomic E-state index is 0.406. The molecule has 0 heterocycles. The summed E-state index contributed by atoms with van der Waals surface area (Å²) in [7, 11) is -1.58. The van der Waals surface area contributed by atoms with Crippen LogP contribution in [0.3, 0.4) is 0 Å². The molecule has 0 amide bonds. The molecule has 0 aliphatic heterocycles. The molecule has 0 saturated carbocycles. The Kier molecular flexibility index (Phi) is 5.69. The van der Waals surface area contributed by atoms with Crippen LogP contribution in [0.25, 0.3) is 0 Å². The standard InChI is InChI=1S/C13H16O4S/c1-16-13-7-5-12(6-8-13)11-17-9-3-4-10-18(2,14)15/h5-8H,3,9,11H2,1-2H3.